The van der Waals surface area contributed by atoms with E-state index >= 15 is 0 Å². The van der Waals surface area contributed by atoms with Crippen LogP contribution in [0.15, 0.2) is 28.7 Å². The minimum absolute atomic E-state index is 0.169. The smallest absolute Gasteiger partial charge is 0.0602 e. The molecule has 0 spiro atoms. The van der Waals surface area contributed by atoms with Crippen LogP contribution in [0.1, 0.15) is 6.92 Å². The van der Waals surface area contributed by atoms with Gasteiger partial charge in [-0.05, 0) is 25.1 Å². The van der Waals surface area contributed by atoms with E-state index in [0.29, 0.717) is 6.04 Å². The Bertz CT molecular complexity index is 359. The van der Waals surface area contributed by atoms with Gasteiger partial charge in [-0.25, -0.2) is 0 Å². The molecule has 1 heterocycles. The first-order chi connectivity index (χ1) is 7.69. The topological polar surface area (TPSA) is 35.5 Å². The van der Waals surface area contributed by atoms with Crippen molar-refractivity contribution in [1.29, 1.82) is 0 Å². The van der Waals surface area contributed by atoms with Crippen LogP contribution in [0.2, 0.25) is 0 Å². The van der Waals surface area contributed by atoms with Gasteiger partial charge in [0.2, 0.25) is 0 Å². The molecule has 2 unspecified atom stereocenters. The highest BCUT2D eigenvalue weighted by atomic mass is 79.9. The van der Waals surface area contributed by atoms with E-state index in [-0.39, 0.29) is 12.6 Å². The summed E-state index contributed by atoms with van der Waals surface area (Å²) in [4.78, 5) is 2.31. The number of benzene rings is 1. The van der Waals surface area contributed by atoms with Gasteiger partial charge in [0, 0.05) is 35.3 Å². The lowest BCUT2D eigenvalue weighted by Crippen LogP contribution is -2.56. The van der Waals surface area contributed by atoms with Gasteiger partial charge >= 0.3 is 0 Å². The summed E-state index contributed by atoms with van der Waals surface area (Å²) in [5, 5.41) is 12.6. The Hall–Kier alpha value is -0.580. The number of nitrogens with one attached hydrogen (secondary N) is 1. The lowest BCUT2D eigenvalue weighted by Gasteiger charge is -2.38. The SMILES string of the molecule is CC1CN(c2cccc(Br)c2)CC(CO)N1. The van der Waals surface area contributed by atoms with E-state index in [4.69, 9.17) is 0 Å². The maximum absolute atomic E-state index is 9.23. The first kappa shape index (κ1) is 11.9. The number of hydrogen-bond acceptors (Lipinski definition) is 3. The molecule has 0 aliphatic carbocycles. The Balaban J connectivity index is 2.14. The molecule has 1 aromatic carbocycles. The second-order valence-corrected chi connectivity index (χ2v) is 5.25. The molecule has 88 valence electrons. The highest BCUT2D eigenvalue weighted by Crippen LogP contribution is 2.21. The monoisotopic (exact) mass is 284 g/mol. The number of anilines is 1. The molecule has 1 aromatic rings. The highest BCUT2D eigenvalue weighted by Gasteiger charge is 2.23. The van der Waals surface area contributed by atoms with Gasteiger partial charge in [0.05, 0.1) is 6.61 Å². The third-order valence-corrected chi connectivity index (χ3v) is 3.34. The van der Waals surface area contributed by atoms with E-state index in [9.17, 15) is 5.11 Å². The first-order valence-corrected chi connectivity index (χ1v) is 6.36. The molecule has 1 aliphatic heterocycles. The van der Waals surface area contributed by atoms with Crippen molar-refractivity contribution >= 4 is 21.6 Å². The normalized spacial score (nSPS) is 25.8. The molecule has 1 aliphatic rings. The molecular weight excluding hydrogens is 268 g/mol. The maximum atomic E-state index is 9.23. The number of halogens is 1. The quantitative estimate of drug-likeness (QED) is 0.866. The van der Waals surface area contributed by atoms with Crippen molar-refractivity contribution in [2.75, 3.05) is 24.6 Å². The van der Waals surface area contributed by atoms with Crippen LogP contribution in [0.5, 0.6) is 0 Å². The number of piperazine rings is 1. The maximum Gasteiger partial charge on any atom is 0.0602 e. The van der Waals surface area contributed by atoms with Crippen molar-refractivity contribution in [3.8, 4) is 0 Å². The number of aliphatic hydroxyl groups is 1. The largest absolute Gasteiger partial charge is 0.395 e. The Morgan fingerprint density at radius 3 is 3.00 bits per heavy atom. The van der Waals surface area contributed by atoms with Crippen LogP contribution in [0.25, 0.3) is 0 Å². The molecule has 0 amide bonds. The second kappa shape index (κ2) is 5.17. The van der Waals surface area contributed by atoms with Crippen molar-refractivity contribution < 1.29 is 5.11 Å². The Morgan fingerprint density at radius 2 is 2.31 bits per heavy atom. The van der Waals surface area contributed by atoms with Crippen LogP contribution >= 0.6 is 15.9 Å². The molecule has 3 nitrogen and oxygen atoms in total. The lowest BCUT2D eigenvalue weighted by atomic mass is 10.1. The van der Waals surface area contributed by atoms with Crippen LogP contribution in [-0.4, -0.2) is 36.9 Å². The second-order valence-electron chi connectivity index (χ2n) is 4.33. The van der Waals surface area contributed by atoms with E-state index in [1.165, 1.54) is 5.69 Å². The van der Waals surface area contributed by atoms with E-state index in [1.807, 2.05) is 12.1 Å². The predicted octanol–water partition coefficient (Wildman–Crippen LogP) is 1.61. The third kappa shape index (κ3) is 2.75. The summed E-state index contributed by atoms with van der Waals surface area (Å²) in [5.41, 5.74) is 1.21. The summed E-state index contributed by atoms with van der Waals surface area (Å²) in [6, 6.07) is 8.87. The van der Waals surface area contributed by atoms with Crippen molar-refractivity contribution in [2.24, 2.45) is 0 Å². The summed E-state index contributed by atoms with van der Waals surface area (Å²) in [6.45, 7) is 4.17. The van der Waals surface area contributed by atoms with E-state index < -0.39 is 0 Å². The molecule has 0 aromatic heterocycles. The van der Waals surface area contributed by atoms with E-state index in [0.717, 1.165) is 17.6 Å². The summed E-state index contributed by atoms with van der Waals surface area (Å²) in [7, 11) is 0. The molecule has 0 radical (unpaired) electrons. The molecular formula is C12H17BrN2O. The van der Waals surface area contributed by atoms with Crippen LogP contribution in [0.4, 0.5) is 5.69 Å². The van der Waals surface area contributed by atoms with E-state index in [2.05, 4.69) is 45.2 Å². The molecule has 4 heteroatoms. The van der Waals surface area contributed by atoms with Gasteiger partial charge in [0.15, 0.2) is 0 Å². The fourth-order valence-electron chi connectivity index (χ4n) is 2.17. The zero-order valence-corrected chi connectivity index (χ0v) is 10.9. The average molecular weight is 285 g/mol. The Morgan fingerprint density at radius 1 is 1.50 bits per heavy atom. The average Bonchev–Trinajstić information content (AvgIpc) is 2.28. The summed E-state index contributed by atoms with van der Waals surface area (Å²) < 4.78 is 1.09. The zero-order chi connectivity index (χ0) is 11.5. The van der Waals surface area contributed by atoms with Gasteiger partial charge in [-0.1, -0.05) is 22.0 Å². The summed E-state index contributed by atoms with van der Waals surface area (Å²) >= 11 is 3.48. The van der Waals surface area contributed by atoms with Gasteiger partial charge in [0.25, 0.3) is 0 Å². The first-order valence-electron chi connectivity index (χ1n) is 5.56. The van der Waals surface area contributed by atoms with Gasteiger partial charge in [0.1, 0.15) is 0 Å². The van der Waals surface area contributed by atoms with Crippen LogP contribution in [0.3, 0.4) is 0 Å². The summed E-state index contributed by atoms with van der Waals surface area (Å²) in [5.74, 6) is 0. The van der Waals surface area contributed by atoms with Gasteiger partial charge in [-0.2, -0.15) is 0 Å². The zero-order valence-electron chi connectivity index (χ0n) is 9.36. The number of nitrogens with zero attached hydrogens (tertiary/aromatic N) is 1. The van der Waals surface area contributed by atoms with Crippen LogP contribution in [-0.2, 0) is 0 Å². The highest BCUT2D eigenvalue weighted by molar-refractivity contribution is 9.10. The molecule has 2 atom stereocenters. The minimum atomic E-state index is 0.169. The molecule has 2 rings (SSSR count). The Kier molecular flexibility index (Phi) is 3.84. The van der Waals surface area contributed by atoms with Crippen molar-refractivity contribution in [1.82, 2.24) is 5.32 Å². The van der Waals surface area contributed by atoms with Gasteiger partial charge in [-0.15, -0.1) is 0 Å². The standard InChI is InChI=1S/C12H17BrN2O/c1-9-6-15(7-11(8-16)14-9)12-4-2-3-10(13)5-12/h2-5,9,11,14,16H,6-8H2,1H3. The summed E-state index contributed by atoms with van der Waals surface area (Å²) in [6.07, 6.45) is 0. The lowest BCUT2D eigenvalue weighted by molar-refractivity contribution is 0.221. The Labute approximate surface area is 105 Å². The molecule has 1 saturated heterocycles. The van der Waals surface area contributed by atoms with Crippen LogP contribution < -0.4 is 10.2 Å². The van der Waals surface area contributed by atoms with Crippen LogP contribution in [0, 0.1) is 0 Å². The fourth-order valence-corrected chi connectivity index (χ4v) is 2.56. The van der Waals surface area contributed by atoms with E-state index in [1.54, 1.807) is 0 Å². The molecule has 0 saturated carbocycles. The van der Waals surface area contributed by atoms with Crippen molar-refractivity contribution in [3.05, 3.63) is 28.7 Å². The molecule has 1 fully saturated rings. The number of aliphatic hydroxyl groups excluding tert-OH is 1. The molecule has 0 bridgehead atoms. The number of rotatable bonds is 2. The van der Waals surface area contributed by atoms with Gasteiger partial charge in [-0.3, -0.25) is 0 Å². The molecule has 2 N–H and O–H groups in total. The molecule has 16 heavy (non-hydrogen) atoms. The number of hydrogen-bond donors (Lipinski definition) is 2. The minimum Gasteiger partial charge on any atom is -0.395 e. The third-order valence-electron chi connectivity index (χ3n) is 2.85. The van der Waals surface area contributed by atoms with Gasteiger partial charge < -0.3 is 15.3 Å². The van der Waals surface area contributed by atoms with Crippen molar-refractivity contribution in [3.63, 3.8) is 0 Å². The predicted molar refractivity (Wildman–Crippen MR) is 69.8 cm³/mol. The van der Waals surface area contributed by atoms with Crippen molar-refractivity contribution in [2.45, 2.75) is 19.0 Å². The fraction of sp³-hybridized carbons (Fsp3) is 0.500.